The molecule has 1 saturated heterocycles. The van der Waals surface area contributed by atoms with Gasteiger partial charge in [-0.05, 0) is 50.0 Å². The average molecular weight is 547 g/mol. The number of benzene rings is 1. The van der Waals surface area contributed by atoms with Crippen molar-refractivity contribution in [2.45, 2.75) is 18.1 Å². The number of aromatic nitrogens is 2. The number of aromatic carboxylic acids is 1. The lowest BCUT2D eigenvalue weighted by molar-refractivity contribution is -0.0531. The summed E-state index contributed by atoms with van der Waals surface area (Å²) in [7, 11) is 5.77. The van der Waals surface area contributed by atoms with Crippen LogP contribution in [0.2, 0.25) is 0 Å². The van der Waals surface area contributed by atoms with E-state index in [9.17, 15) is 19.1 Å². The molecule has 0 radical (unpaired) electrons. The Morgan fingerprint density at radius 3 is 2.83 bits per heavy atom. The first-order valence-electron chi connectivity index (χ1n) is 13.2. The van der Waals surface area contributed by atoms with Crippen LogP contribution >= 0.6 is 0 Å². The molecule has 2 aliphatic rings. The molecule has 4 aromatic rings. The van der Waals surface area contributed by atoms with Crippen molar-refractivity contribution in [3.05, 3.63) is 75.5 Å². The highest BCUT2D eigenvalue weighted by atomic mass is 19.1. The smallest absolute Gasteiger partial charge is 0.341 e. The molecule has 0 aliphatic carbocycles. The lowest BCUT2D eigenvalue weighted by atomic mass is 9.84. The highest BCUT2D eigenvalue weighted by molar-refractivity contribution is 5.99. The van der Waals surface area contributed by atoms with Crippen molar-refractivity contribution in [3.8, 4) is 0 Å². The van der Waals surface area contributed by atoms with Crippen molar-refractivity contribution in [1.29, 1.82) is 0 Å². The van der Waals surface area contributed by atoms with Crippen LogP contribution in [0.5, 0.6) is 0 Å². The molecule has 0 spiro atoms. The summed E-state index contributed by atoms with van der Waals surface area (Å²) in [5, 5.41) is 13.3. The van der Waals surface area contributed by atoms with Crippen molar-refractivity contribution < 1.29 is 19.0 Å². The van der Waals surface area contributed by atoms with Crippen LogP contribution in [-0.4, -0.2) is 90.0 Å². The topological polar surface area (TPSA) is 115 Å². The van der Waals surface area contributed by atoms with Gasteiger partial charge >= 0.3 is 5.97 Å². The van der Waals surface area contributed by atoms with Gasteiger partial charge in [-0.2, -0.15) is 0 Å². The number of nitrogens with zero attached hydrogens (tertiary/aromatic N) is 4. The normalized spacial score (nSPS) is 21.3. The van der Waals surface area contributed by atoms with Gasteiger partial charge in [0.2, 0.25) is 0 Å². The van der Waals surface area contributed by atoms with E-state index in [2.05, 4.69) is 20.1 Å². The molecule has 6 rings (SSSR count). The molecule has 10 nitrogen and oxygen atoms in total. The number of carboxylic acid groups (broad SMARTS) is 1. The molecule has 2 unspecified atom stereocenters. The van der Waals surface area contributed by atoms with E-state index in [1.807, 2.05) is 32.4 Å². The molecule has 0 saturated carbocycles. The van der Waals surface area contributed by atoms with Crippen LogP contribution in [0.25, 0.3) is 16.4 Å². The number of carboxylic acids is 1. The van der Waals surface area contributed by atoms with Crippen LogP contribution in [0.3, 0.4) is 0 Å². The molecule has 1 fully saturated rings. The number of pyridine rings is 2. The zero-order chi connectivity index (χ0) is 28.1. The van der Waals surface area contributed by atoms with Crippen molar-refractivity contribution in [2.75, 3.05) is 52.7 Å². The molecule has 0 amide bonds. The monoisotopic (exact) mass is 546 g/mol. The van der Waals surface area contributed by atoms with Crippen LogP contribution in [0.15, 0.2) is 52.4 Å². The van der Waals surface area contributed by atoms with Gasteiger partial charge in [0, 0.05) is 61.5 Å². The third kappa shape index (κ3) is 4.45. The second-order valence-electron chi connectivity index (χ2n) is 10.6. The van der Waals surface area contributed by atoms with E-state index in [1.54, 1.807) is 19.3 Å². The van der Waals surface area contributed by atoms with Crippen LogP contribution in [0.1, 0.15) is 33.4 Å². The lowest BCUT2D eigenvalue weighted by Gasteiger charge is -2.42. The molecule has 0 bridgehead atoms. The number of aromatic amines is 1. The summed E-state index contributed by atoms with van der Waals surface area (Å²) < 4.78 is 22.3. The van der Waals surface area contributed by atoms with Crippen molar-refractivity contribution >= 4 is 40.1 Å². The fourth-order valence-corrected chi connectivity index (χ4v) is 6.04. The van der Waals surface area contributed by atoms with Gasteiger partial charge in [0.25, 0.3) is 5.56 Å². The first kappa shape index (κ1) is 26.2. The van der Waals surface area contributed by atoms with Crippen LogP contribution < -0.4 is 10.9 Å². The molecule has 2 aliphatic heterocycles. The molecule has 208 valence electrons. The van der Waals surface area contributed by atoms with E-state index in [0.29, 0.717) is 36.7 Å². The van der Waals surface area contributed by atoms with Crippen LogP contribution in [0, 0.1) is 5.82 Å². The molecule has 3 N–H and O–H groups in total. The molecule has 3 aromatic heterocycles. The minimum atomic E-state index is -1.27. The number of H-pyrrole nitrogens is 1. The predicted octanol–water partition coefficient (Wildman–Crippen LogP) is 3.46. The highest BCUT2D eigenvalue weighted by Crippen LogP contribution is 2.48. The molecule has 1 aromatic carbocycles. The Hall–Kier alpha value is -4.06. The summed E-state index contributed by atoms with van der Waals surface area (Å²) in [5.74, 6) is -1.25. The number of hydrogen-bond acceptors (Lipinski definition) is 7. The minimum absolute atomic E-state index is 0.0149. The first-order chi connectivity index (χ1) is 19.2. The Labute approximate surface area is 229 Å². The van der Waals surface area contributed by atoms with Gasteiger partial charge in [0.15, 0.2) is 0 Å². The number of morpholine rings is 1. The van der Waals surface area contributed by atoms with Crippen molar-refractivity contribution in [3.63, 3.8) is 0 Å². The standard InChI is InChI=1S/C29H31FN6O4/c1-31-23-11-17(30)10-21-24-26(35-8-9-40-19(15-35)14-34(2)3)22(12-32-27(24)33-25(21)23)16-4-5-18-6-7-20(29(38)39)28(37)36(18)13-16/h4-7,10-13,19,22,26,31,33H,8-9,14-15H2,1-3H3,(H,38,39)/t19-,22?,26?/m1/s1. The minimum Gasteiger partial charge on any atom is -0.477 e. The van der Waals surface area contributed by atoms with Gasteiger partial charge in [-0.1, -0.05) is 6.07 Å². The second kappa shape index (κ2) is 10.2. The van der Waals surface area contributed by atoms with Gasteiger partial charge in [0.05, 0.1) is 30.0 Å². The van der Waals surface area contributed by atoms with Gasteiger partial charge < -0.3 is 25.0 Å². The number of halogens is 1. The number of carbonyl (C=O) groups is 1. The van der Waals surface area contributed by atoms with Crippen LogP contribution in [-0.2, 0) is 4.74 Å². The molecule has 5 heterocycles. The summed E-state index contributed by atoms with van der Waals surface area (Å²) in [6.07, 6.45) is 3.55. The second-order valence-corrected chi connectivity index (χ2v) is 10.6. The molecular weight excluding hydrogens is 515 g/mol. The van der Waals surface area contributed by atoms with E-state index in [1.165, 1.54) is 22.6 Å². The average Bonchev–Trinajstić information content (AvgIpc) is 3.30. The third-order valence-corrected chi connectivity index (χ3v) is 7.78. The summed E-state index contributed by atoms with van der Waals surface area (Å²) in [6.45, 7) is 2.62. The molecule has 3 atom stereocenters. The van der Waals surface area contributed by atoms with Gasteiger partial charge in [-0.25, -0.2) is 14.2 Å². The van der Waals surface area contributed by atoms with Gasteiger partial charge in [-0.3, -0.25) is 14.1 Å². The number of rotatable bonds is 6. The van der Waals surface area contributed by atoms with E-state index < -0.39 is 11.5 Å². The van der Waals surface area contributed by atoms with E-state index in [4.69, 9.17) is 9.73 Å². The fourth-order valence-electron chi connectivity index (χ4n) is 6.04. The molecular formula is C29H31FN6O4. The largest absolute Gasteiger partial charge is 0.477 e. The summed E-state index contributed by atoms with van der Waals surface area (Å²) in [6, 6.07) is 9.46. The third-order valence-electron chi connectivity index (χ3n) is 7.78. The van der Waals surface area contributed by atoms with Gasteiger partial charge in [0.1, 0.15) is 17.2 Å². The molecule has 40 heavy (non-hydrogen) atoms. The Kier molecular flexibility index (Phi) is 6.65. The zero-order valence-corrected chi connectivity index (χ0v) is 22.5. The Bertz CT molecular complexity index is 1710. The number of hydrogen-bond donors (Lipinski definition) is 3. The number of anilines is 1. The number of likely N-dealkylation sites (N-methyl/N-ethyl adjacent to an activating group) is 1. The van der Waals surface area contributed by atoms with E-state index in [0.717, 1.165) is 28.6 Å². The maximum absolute atomic E-state index is 14.8. The SMILES string of the molecule is CNc1cc(F)cc2c3c([nH]c12)N=CC(c1ccc2ccc(C(=O)O)c(=O)n2c1)C3N1CCO[C@H](CN(C)C)C1. The molecule has 11 heteroatoms. The van der Waals surface area contributed by atoms with E-state index in [-0.39, 0.29) is 29.4 Å². The predicted molar refractivity (Wildman–Crippen MR) is 152 cm³/mol. The Balaban J connectivity index is 1.53. The number of ether oxygens (including phenoxy) is 1. The van der Waals surface area contributed by atoms with E-state index >= 15 is 0 Å². The van der Waals surface area contributed by atoms with Crippen molar-refractivity contribution in [2.24, 2.45) is 4.99 Å². The number of aliphatic imine (C=N–C) groups is 1. The summed E-state index contributed by atoms with van der Waals surface area (Å²) >= 11 is 0. The summed E-state index contributed by atoms with van der Waals surface area (Å²) in [4.78, 5) is 37.3. The Morgan fingerprint density at radius 1 is 1.27 bits per heavy atom. The van der Waals surface area contributed by atoms with Crippen LogP contribution in [0.4, 0.5) is 15.9 Å². The van der Waals surface area contributed by atoms with Crippen molar-refractivity contribution in [1.82, 2.24) is 19.2 Å². The summed E-state index contributed by atoms with van der Waals surface area (Å²) in [5.41, 5.74) is 2.80. The van der Waals surface area contributed by atoms with Gasteiger partial charge in [-0.15, -0.1) is 0 Å². The Morgan fingerprint density at radius 2 is 2.08 bits per heavy atom. The lowest BCUT2D eigenvalue weighted by Crippen LogP contribution is -2.49. The highest BCUT2D eigenvalue weighted by Gasteiger charge is 2.39. The number of fused-ring (bicyclic) bond motifs is 4. The maximum atomic E-state index is 14.8. The number of nitrogens with one attached hydrogen (secondary N) is 2. The fraction of sp³-hybridized carbons (Fsp3) is 0.345. The first-order valence-corrected chi connectivity index (χ1v) is 13.2. The quantitative estimate of drug-likeness (QED) is 0.339. The maximum Gasteiger partial charge on any atom is 0.341 e. The zero-order valence-electron chi connectivity index (χ0n) is 22.5.